The summed E-state index contributed by atoms with van der Waals surface area (Å²) < 4.78 is 12.2. The largest absolute Gasteiger partial charge is 0.454 e. The molecule has 3 aromatic rings. The van der Waals surface area contributed by atoms with Crippen LogP contribution in [0, 0.1) is 6.92 Å². The van der Waals surface area contributed by atoms with E-state index in [1.165, 1.54) is 21.8 Å². The van der Waals surface area contributed by atoms with Crippen LogP contribution in [0.25, 0.3) is 4.96 Å². The Hall–Kier alpha value is -3.40. The lowest BCUT2D eigenvalue weighted by atomic mass is 9.91. The molecule has 4 heterocycles. The number of aryl methyl sites for hydroxylation is 1. The fourth-order valence-corrected chi connectivity index (χ4v) is 4.48. The quantitative estimate of drug-likeness (QED) is 0.658. The zero-order valence-electron chi connectivity index (χ0n) is 15.6. The molecular weight excluding hydrogens is 396 g/mol. The molecule has 29 heavy (non-hydrogen) atoms. The Morgan fingerprint density at radius 2 is 2.00 bits per heavy atom. The third kappa shape index (κ3) is 2.59. The standard InChI is InChI=1S/C19H16N4O5S/c1-10-8-29-18-20-12(6-15(24)23(10)18)7-22-16(25)19(2,21-17(22)26)11-3-4-13-14(5-11)28-9-27-13/h3-6,8H,7,9H2,1-2H3,(H,21,26). The first-order chi connectivity index (χ1) is 13.9. The van der Waals surface area contributed by atoms with Gasteiger partial charge in [0.15, 0.2) is 16.5 Å². The number of ether oxygens (including phenoxy) is 2. The number of nitrogens with zero attached hydrogens (tertiary/aromatic N) is 3. The van der Waals surface area contributed by atoms with E-state index in [2.05, 4.69) is 10.3 Å². The van der Waals surface area contributed by atoms with Gasteiger partial charge in [-0.15, -0.1) is 11.3 Å². The number of urea groups is 1. The molecular formula is C19H16N4O5S. The number of benzene rings is 1. The summed E-state index contributed by atoms with van der Waals surface area (Å²) in [6, 6.07) is 5.93. The molecule has 0 aliphatic carbocycles. The third-order valence-electron chi connectivity index (χ3n) is 5.17. The van der Waals surface area contributed by atoms with E-state index in [0.29, 0.717) is 27.7 Å². The van der Waals surface area contributed by atoms with Crippen LogP contribution in [0.1, 0.15) is 23.9 Å². The monoisotopic (exact) mass is 412 g/mol. The molecule has 1 saturated heterocycles. The smallest absolute Gasteiger partial charge is 0.325 e. The summed E-state index contributed by atoms with van der Waals surface area (Å²) in [6.45, 7) is 3.49. The van der Waals surface area contributed by atoms with Crippen LogP contribution >= 0.6 is 11.3 Å². The fraction of sp³-hybridized carbons (Fsp3) is 0.263. The number of nitrogens with one attached hydrogen (secondary N) is 1. The summed E-state index contributed by atoms with van der Waals surface area (Å²) in [5.41, 5.74) is 0.237. The minimum absolute atomic E-state index is 0.0898. The van der Waals surface area contributed by atoms with Gasteiger partial charge in [0.2, 0.25) is 6.79 Å². The molecule has 0 spiro atoms. The molecule has 1 fully saturated rings. The number of thiazole rings is 1. The highest BCUT2D eigenvalue weighted by atomic mass is 32.1. The number of imide groups is 1. The van der Waals surface area contributed by atoms with Crippen LogP contribution in [-0.4, -0.2) is 33.0 Å². The first-order valence-electron chi connectivity index (χ1n) is 8.88. The van der Waals surface area contributed by atoms with Gasteiger partial charge in [-0.3, -0.25) is 18.9 Å². The summed E-state index contributed by atoms with van der Waals surface area (Å²) in [4.78, 5) is 44.2. The lowest BCUT2D eigenvalue weighted by Gasteiger charge is -2.22. The zero-order valence-corrected chi connectivity index (χ0v) is 16.4. The molecule has 10 heteroatoms. The van der Waals surface area contributed by atoms with Gasteiger partial charge in [-0.05, 0) is 31.5 Å². The molecule has 1 aromatic carbocycles. The second kappa shape index (κ2) is 6.05. The first-order valence-corrected chi connectivity index (χ1v) is 9.76. The normalized spacial score (nSPS) is 20.6. The van der Waals surface area contributed by atoms with Crippen molar-refractivity contribution in [3.8, 4) is 11.5 Å². The topological polar surface area (TPSA) is 102 Å². The number of carbonyl (C=O) groups excluding carboxylic acids is 2. The molecule has 1 atom stereocenters. The van der Waals surface area contributed by atoms with E-state index in [4.69, 9.17) is 9.47 Å². The van der Waals surface area contributed by atoms with Crippen molar-refractivity contribution < 1.29 is 19.1 Å². The van der Waals surface area contributed by atoms with Crippen LogP contribution in [0.3, 0.4) is 0 Å². The highest BCUT2D eigenvalue weighted by Crippen LogP contribution is 2.38. The van der Waals surface area contributed by atoms with Crippen molar-refractivity contribution in [1.29, 1.82) is 0 Å². The molecule has 148 valence electrons. The minimum atomic E-state index is -1.25. The Bertz CT molecular complexity index is 1250. The lowest BCUT2D eigenvalue weighted by Crippen LogP contribution is -2.40. The van der Waals surface area contributed by atoms with Gasteiger partial charge >= 0.3 is 6.03 Å². The van der Waals surface area contributed by atoms with Crippen LogP contribution in [-0.2, 0) is 16.9 Å². The maximum atomic E-state index is 13.2. The van der Waals surface area contributed by atoms with Gasteiger partial charge in [0, 0.05) is 17.1 Å². The highest BCUT2D eigenvalue weighted by molar-refractivity contribution is 7.15. The van der Waals surface area contributed by atoms with Gasteiger partial charge in [-0.2, -0.15) is 0 Å². The molecule has 9 nitrogen and oxygen atoms in total. The molecule has 1 unspecified atom stereocenters. The summed E-state index contributed by atoms with van der Waals surface area (Å²) in [5.74, 6) is 0.693. The molecule has 1 N–H and O–H groups in total. The van der Waals surface area contributed by atoms with Crippen molar-refractivity contribution in [3.05, 3.63) is 57.0 Å². The summed E-state index contributed by atoms with van der Waals surface area (Å²) >= 11 is 1.33. The van der Waals surface area contributed by atoms with Crippen molar-refractivity contribution in [3.63, 3.8) is 0 Å². The number of aromatic nitrogens is 2. The predicted molar refractivity (Wildman–Crippen MR) is 103 cm³/mol. The number of rotatable bonds is 3. The molecule has 5 rings (SSSR count). The number of amides is 3. The van der Waals surface area contributed by atoms with E-state index >= 15 is 0 Å². The van der Waals surface area contributed by atoms with Gasteiger partial charge in [-0.1, -0.05) is 6.07 Å². The van der Waals surface area contributed by atoms with Crippen molar-refractivity contribution in [2.75, 3.05) is 6.79 Å². The molecule has 2 aromatic heterocycles. The first kappa shape index (κ1) is 17.7. The number of hydrogen-bond acceptors (Lipinski definition) is 7. The van der Waals surface area contributed by atoms with Crippen LogP contribution in [0.15, 0.2) is 34.4 Å². The molecule has 2 aliphatic heterocycles. The van der Waals surface area contributed by atoms with Gasteiger partial charge in [0.25, 0.3) is 11.5 Å². The van der Waals surface area contributed by atoms with Crippen LogP contribution < -0.4 is 20.3 Å². The molecule has 3 amide bonds. The van der Waals surface area contributed by atoms with Crippen molar-refractivity contribution >= 4 is 28.2 Å². The Labute approximate surface area is 168 Å². The fourth-order valence-electron chi connectivity index (χ4n) is 3.59. The minimum Gasteiger partial charge on any atom is -0.454 e. The molecule has 0 radical (unpaired) electrons. The van der Waals surface area contributed by atoms with Crippen LogP contribution in [0.5, 0.6) is 11.5 Å². The Morgan fingerprint density at radius 3 is 2.83 bits per heavy atom. The Kier molecular flexibility index (Phi) is 3.69. The summed E-state index contributed by atoms with van der Waals surface area (Å²) in [6.07, 6.45) is 0. The van der Waals surface area contributed by atoms with Gasteiger partial charge < -0.3 is 14.8 Å². The average molecular weight is 412 g/mol. The van der Waals surface area contributed by atoms with Gasteiger partial charge in [0.1, 0.15) is 5.54 Å². The summed E-state index contributed by atoms with van der Waals surface area (Å²) in [7, 11) is 0. The van der Waals surface area contributed by atoms with E-state index in [1.807, 2.05) is 12.3 Å². The maximum absolute atomic E-state index is 13.2. The van der Waals surface area contributed by atoms with Crippen LogP contribution in [0.4, 0.5) is 4.79 Å². The molecule has 2 aliphatic rings. The third-order valence-corrected chi connectivity index (χ3v) is 6.12. The lowest BCUT2D eigenvalue weighted by molar-refractivity contribution is -0.131. The van der Waals surface area contributed by atoms with E-state index < -0.39 is 17.5 Å². The Morgan fingerprint density at radius 1 is 1.21 bits per heavy atom. The second-order valence-corrected chi connectivity index (χ2v) is 7.93. The van der Waals surface area contributed by atoms with E-state index in [0.717, 1.165) is 10.6 Å². The van der Waals surface area contributed by atoms with Crippen molar-refractivity contribution in [1.82, 2.24) is 19.6 Å². The second-order valence-electron chi connectivity index (χ2n) is 7.10. The van der Waals surface area contributed by atoms with E-state index in [1.54, 1.807) is 25.1 Å². The molecule has 0 bridgehead atoms. The molecule has 0 saturated carbocycles. The number of fused-ring (bicyclic) bond motifs is 2. The summed E-state index contributed by atoms with van der Waals surface area (Å²) in [5, 5.41) is 4.58. The number of hydrogen-bond donors (Lipinski definition) is 1. The SMILES string of the molecule is Cc1csc2nc(CN3C(=O)NC(C)(c4ccc5c(c4)OCO5)C3=O)cc(=O)n12. The van der Waals surface area contributed by atoms with E-state index in [9.17, 15) is 14.4 Å². The number of carbonyl (C=O) groups is 2. The Balaban J connectivity index is 1.47. The van der Waals surface area contributed by atoms with Crippen molar-refractivity contribution in [2.24, 2.45) is 0 Å². The predicted octanol–water partition coefficient (Wildman–Crippen LogP) is 1.76. The van der Waals surface area contributed by atoms with Crippen molar-refractivity contribution in [2.45, 2.75) is 25.9 Å². The van der Waals surface area contributed by atoms with E-state index in [-0.39, 0.29) is 18.9 Å². The zero-order chi connectivity index (χ0) is 20.3. The maximum Gasteiger partial charge on any atom is 0.325 e. The average Bonchev–Trinajstić information content (AvgIpc) is 3.36. The van der Waals surface area contributed by atoms with Gasteiger partial charge in [-0.25, -0.2) is 9.78 Å². The highest BCUT2D eigenvalue weighted by Gasteiger charge is 2.49. The van der Waals surface area contributed by atoms with Gasteiger partial charge in [0.05, 0.1) is 12.2 Å². The van der Waals surface area contributed by atoms with Crippen LogP contribution in [0.2, 0.25) is 0 Å².